The third kappa shape index (κ3) is 5.75. The van der Waals surface area contributed by atoms with Crippen molar-refractivity contribution >= 4 is 21.5 Å². The van der Waals surface area contributed by atoms with Gasteiger partial charge < -0.3 is 18.7 Å². The Morgan fingerprint density at radius 1 is 1.53 bits per heavy atom. The predicted octanol–water partition coefficient (Wildman–Crippen LogP) is 0.775. The molecule has 0 saturated carbocycles. The Kier molecular flexibility index (Phi) is 5.38. The maximum absolute atomic E-state index is 11.7. The summed E-state index contributed by atoms with van der Waals surface area (Å²) in [6, 6.07) is -0.707. The lowest BCUT2D eigenvalue weighted by molar-refractivity contribution is -0.232. The first-order chi connectivity index (χ1) is 8.50. The van der Waals surface area contributed by atoms with E-state index in [1.807, 2.05) is 20.8 Å². The summed E-state index contributed by atoms with van der Waals surface area (Å²) < 4.78 is 26.5. The predicted molar refractivity (Wildman–Crippen MR) is 67.6 cm³/mol. The highest BCUT2D eigenvalue weighted by molar-refractivity contribution is 7.45. The Morgan fingerprint density at radius 2 is 2.11 bits per heavy atom. The summed E-state index contributed by atoms with van der Waals surface area (Å²) in [6.45, 7) is 6.79. The second-order valence-electron chi connectivity index (χ2n) is 5.87. The van der Waals surface area contributed by atoms with Crippen molar-refractivity contribution in [2.75, 3.05) is 6.61 Å². The maximum Gasteiger partial charge on any atom is 0.268 e. The molecule has 6 nitrogen and oxygen atoms in total. The van der Waals surface area contributed by atoms with Crippen LogP contribution in [0.5, 0.6) is 0 Å². The number of phosphoric ester groups is 1. The largest absolute Gasteiger partial charge is 0.756 e. The van der Waals surface area contributed by atoms with Crippen molar-refractivity contribution in [2.24, 2.45) is 5.41 Å². The highest BCUT2D eigenvalue weighted by Crippen LogP contribution is 2.44. The van der Waals surface area contributed by atoms with Gasteiger partial charge in [0.05, 0.1) is 6.61 Å². The molecule has 1 unspecified atom stereocenters. The second kappa shape index (κ2) is 6.06. The zero-order valence-electron chi connectivity index (χ0n) is 11.6. The summed E-state index contributed by atoms with van der Waals surface area (Å²) in [5.74, 6) is -0.325. The van der Waals surface area contributed by atoms with E-state index in [0.717, 1.165) is 0 Å². The van der Waals surface area contributed by atoms with Crippen molar-refractivity contribution in [3.05, 3.63) is 0 Å². The number of hydrogen-bond donors (Lipinski definition) is 0. The number of hydrogen-bond acceptors (Lipinski definition) is 6. The fourth-order valence-corrected chi connectivity index (χ4v) is 2.74. The lowest BCUT2D eigenvalue weighted by atomic mass is 9.96. The Labute approximate surface area is 114 Å². The molecule has 1 rings (SSSR count). The van der Waals surface area contributed by atoms with Crippen LogP contribution < -0.4 is 4.89 Å². The van der Waals surface area contributed by atoms with Gasteiger partial charge in [0.2, 0.25) is 0 Å². The molecule has 0 aromatic heterocycles. The van der Waals surface area contributed by atoms with Gasteiger partial charge in [0, 0.05) is 6.00 Å². The van der Waals surface area contributed by atoms with Crippen LogP contribution in [-0.4, -0.2) is 38.4 Å². The summed E-state index contributed by atoms with van der Waals surface area (Å²) in [5.41, 5.74) is -0.314. The van der Waals surface area contributed by atoms with Crippen LogP contribution in [0.1, 0.15) is 34.1 Å². The van der Waals surface area contributed by atoms with Gasteiger partial charge in [-0.1, -0.05) is 20.8 Å². The van der Waals surface area contributed by atoms with E-state index in [0.29, 0.717) is 0 Å². The van der Waals surface area contributed by atoms with Gasteiger partial charge in [-0.25, -0.2) is 0 Å². The molecule has 4 atom stereocenters. The highest BCUT2D eigenvalue weighted by atomic mass is 31.2. The number of carbonyl (C=O) groups is 1. The molecule has 1 heterocycles. The van der Waals surface area contributed by atoms with Crippen LogP contribution >= 0.6 is 7.82 Å². The Balaban J connectivity index is 2.61. The van der Waals surface area contributed by atoms with Gasteiger partial charge in [0.1, 0.15) is 20.1 Å². The molecular formula is C11H19BO6P-. The molecule has 1 saturated heterocycles. The molecule has 108 valence electrons. The molecule has 1 fully saturated rings. The van der Waals surface area contributed by atoms with Crippen LogP contribution in [0.15, 0.2) is 0 Å². The van der Waals surface area contributed by atoms with Crippen molar-refractivity contribution < 1.29 is 28.0 Å². The fourth-order valence-electron chi connectivity index (χ4n) is 1.61. The van der Waals surface area contributed by atoms with Crippen molar-refractivity contribution in [3.63, 3.8) is 0 Å². The summed E-state index contributed by atoms with van der Waals surface area (Å²) in [5, 5.41) is 0. The summed E-state index contributed by atoms with van der Waals surface area (Å²) in [4.78, 5) is 23.0. The van der Waals surface area contributed by atoms with E-state index in [4.69, 9.17) is 21.6 Å². The van der Waals surface area contributed by atoms with E-state index >= 15 is 0 Å². The minimum Gasteiger partial charge on any atom is -0.756 e. The van der Waals surface area contributed by atoms with Gasteiger partial charge in [0.15, 0.2) is 5.78 Å². The summed E-state index contributed by atoms with van der Waals surface area (Å²) >= 11 is 0. The molecule has 0 N–H and O–H groups in total. The molecule has 0 aromatic carbocycles. The molecule has 1 aliphatic rings. The topological polar surface area (TPSA) is 84.9 Å². The lowest BCUT2D eigenvalue weighted by Gasteiger charge is -2.30. The van der Waals surface area contributed by atoms with E-state index in [-0.39, 0.29) is 24.2 Å². The minimum absolute atomic E-state index is 0.00184. The number of phosphoric acid groups is 1. The van der Waals surface area contributed by atoms with Crippen molar-refractivity contribution in [2.45, 2.75) is 52.3 Å². The fraction of sp³-hybridized carbons (Fsp3) is 0.909. The maximum atomic E-state index is 11.7. The molecule has 0 amide bonds. The number of Topliss-reactive ketones (excluding diaryl/α,β-unsaturated/α-hetero) is 1. The van der Waals surface area contributed by atoms with Gasteiger partial charge >= 0.3 is 0 Å². The smallest absolute Gasteiger partial charge is 0.268 e. The second-order valence-corrected chi connectivity index (χ2v) is 7.23. The lowest BCUT2D eigenvalue weighted by Crippen LogP contribution is -2.32. The van der Waals surface area contributed by atoms with Gasteiger partial charge in [0.25, 0.3) is 7.82 Å². The standard InChI is InChI=1S/C11H20BO6P/c1-7(13)10-8(5-9(12)17-10)18-19(14,15)16-6-11(2,3)4/h8-10H,5-6H2,1-4H3,(H,14,15)/p-1/t8-,9-,10-/m1/s1. The highest BCUT2D eigenvalue weighted by Gasteiger charge is 2.38. The first-order valence-electron chi connectivity index (χ1n) is 6.06. The zero-order valence-corrected chi connectivity index (χ0v) is 12.5. The van der Waals surface area contributed by atoms with E-state index in [1.54, 1.807) is 0 Å². The first-order valence-corrected chi connectivity index (χ1v) is 7.52. The van der Waals surface area contributed by atoms with Crippen LogP contribution in [-0.2, 0) is 23.1 Å². The number of ketones is 1. The van der Waals surface area contributed by atoms with Crippen LogP contribution in [0.25, 0.3) is 0 Å². The molecule has 0 aliphatic carbocycles. The van der Waals surface area contributed by atoms with Gasteiger partial charge in [-0.2, -0.15) is 0 Å². The number of carbonyl (C=O) groups excluding carboxylic acids is 1. The van der Waals surface area contributed by atoms with E-state index in [9.17, 15) is 14.3 Å². The normalized spacial score (nSPS) is 31.1. The third-order valence-electron chi connectivity index (χ3n) is 2.44. The summed E-state index contributed by atoms with van der Waals surface area (Å²) in [6.07, 6.45) is -1.75. The minimum atomic E-state index is -4.48. The van der Waals surface area contributed by atoms with E-state index in [2.05, 4.69) is 0 Å². The van der Waals surface area contributed by atoms with Gasteiger partial charge in [-0.3, -0.25) is 9.36 Å². The Hall–Kier alpha value is -0.195. The molecule has 1 aliphatic heterocycles. The number of ether oxygens (including phenoxy) is 1. The van der Waals surface area contributed by atoms with Crippen LogP contribution in [0.4, 0.5) is 0 Å². The SMILES string of the molecule is [B][C@H]1C[C@@H](OP(=O)([O-])OCC(C)(C)C)[C@@H](C(C)=O)O1. The first kappa shape index (κ1) is 16.9. The van der Waals surface area contributed by atoms with Crippen LogP contribution in [0, 0.1) is 5.41 Å². The Bertz CT molecular complexity index is 380. The molecule has 0 spiro atoms. The summed E-state index contributed by atoms with van der Waals surface area (Å²) in [7, 11) is 1.05. The average molecular weight is 289 g/mol. The van der Waals surface area contributed by atoms with Crippen LogP contribution in [0.2, 0.25) is 0 Å². The molecule has 8 heteroatoms. The van der Waals surface area contributed by atoms with Gasteiger partial charge in [-0.15, -0.1) is 0 Å². The molecule has 0 aromatic rings. The van der Waals surface area contributed by atoms with Crippen molar-refractivity contribution in [3.8, 4) is 0 Å². The average Bonchev–Trinajstić information content (AvgIpc) is 2.55. The molecule has 0 bridgehead atoms. The Morgan fingerprint density at radius 3 is 2.58 bits per heavy atom. The molecular weight excluding hydrogens is 270 g/mol. The number of rotatable bonds is 5. The van der Waals surface area contributed by atoms with E-state index in [1.165, 1.54) is 6.92 Å². The quantitative estimate of drug-likeness (QED) is 0.549. The van der Waals surface area contributed by atoms with Crippen molar-refractivity contribution in [1.82, 2.24) is 0 Å². The zero-order chi connectivity index (χ0) is 14.8. The molecule has 2 radical (unpaired) electrons. The van der Waals surface area contributed by atoms with Gasteiger partial charge in [-0.05, 0) is 18.8 Å². The monoisotopic (exact) mass is 289 g/mol. The van der Waals surface area contributed by atoms with Crippen molar-refractivity contribution in [1.29, 1.82) is 0 Å². The molecule has 19 heavy (non-hydrogen) atoms. The van der Waals surface area contributed by atoms with E-state index < -0.39 is 26.0 Å². The van der Waals surface area contributed by atoms with Crippen LogP contribution in [0.3, 0.4) is 0 Å². The third-order valence-corrected chi connectivity index (χ3v) is 3.42.